The summed E-state index contributed by atoms with van der Waals surface area (Å²) in [6.45, 7) is 4.21. The van der Waals surface area contributed by atoms with Crippen molar-refractivity contribution in [1.29, 1.82) is 0 Å². The maximum Gasteiger partial charge on any atom is 0.253 e. The molecule has 0 aromatic heterocycles. The summed E-state index contributed by atoms with van der Waals surface area (Å²) in [5, 5.41) is 3.09. The average molecular weight is 431 g/mol. The van der Waals surface area contributed by atoms with Gasteiger partial charge in [0.05, 0.1) is 0 Å². The van der Waals surface area contributed by atoms with Gasteiger partial charge in [0.15, 0.2) is 0 Å². The zero-order valence-corrected chi connectivity index (χ0v) is 19.1. The fourth-order valence-electron chi connectivity index (χ4n) is 4.82. The fourth-order valence-corrected chi connectivity index (χ4v) is 4.82. The van der Waals surface area contributed by atoms with E-state index in [1.807, 2.05) is 54.3 Å². The van der Waals surface area contributed by atoms with Crippen LogP contribution in [0.3, 0.4) is 0 Å². The molecule has 1 N–H and O–H groups in total. The summed E-state index contributed by atoms with van der Waals surface area (Å²) >= 11 is 0. The number of benzene rings is 2. The van der Waals surface area contributed by atoms with Crippen LogP contribution < -0.4 is 5.32 Å². The molecule has 1 unspecified atom stereocenters. The van der Waals surface area contributed by atoms with Crippen LogP contribution in [0, 0.1) is 6.92 Å². The smallest absolute Gasteiger partial charge is 0.253 e. The molecular formula is C28H34N2O2. The van der Waals surface area contributed by atoms with Gasteiger partial charge in [0.2, 0.25) is 0 Å². The summed E-state index contributed by atoms with van der Waals surface area (Å²) in [7, 11) is 0. The molecule has 0 spiro atoms. The maximum atomic E-state index is 13.0. The van der Waals surface area contributed by atoms with Crippen LogP contribution in [-0.4, -0.2) is 36.3 Å². The quantitative estimate of drug-likeness (QED) is 0.603. The summed E-state index contributed by atoms with van der Waals surface area (Å²) in [4.78, 5) is 27.6. The van der Waals surface area contributed by atoms with Gasteiger partial charge in [-0.15, -0.1) is 0 Å². The van der Waals surface area contributed by atoms with Gasteiger partial charge in [-0.1, -0.05) is 41.5 Å². The van der Waals surface area contributed by atoms with E-state index in [2.05, 4.69) is 17.5 Å². The third kappa shape index (κ3) is 5.67. The Morgan fingerprint density at radius 2 is 1.88 bits per heavy atom. The number of rotatable bonds is 6. The number of carbonyl (C=O) groups is 2. The van der Waals surface area contributed by atoms with Gasteiger partial charge in [0.1, 0.15) is 0 Å². The van der Waals surface area contributed by atoms with Crippen molar-refractivity contribution >= 4 is 11.8 Å². The van der Waals surface area contributed by atoms with E-state index in [1.165, 1.54) is 31.3 Å². The summed E-state index contributed by atoms with van der Waals surface area (Å²) in [6, 6.07) is 15.8. The molecule has 1 saturated heterocycles. The second-order valence-electron chi connectivity index (χ2n) is 9.20. The maximum absolute atomic E-state index is 13.0. The lowest BCUT2D eigenvalue weighted by molar-refractivity contribution is 0.0706. The number of hydrogen-bond acceptors (Lipinski definition) is 2. The van der Waals surface area contributed by atoms with E-state index >= 15 is 0 Å². The number of carbonyl (C=O) groups excluding carboxylic acids is 2. The first-order chi connectivity index (χ1) is 15.6. The number of nitrogens with one attached hydrogen (secondary N) is 1. The third-order valence-corrected chi connectivity index (χ3v) is 6.74. The van der Waals surface area contributed by atoms with Crippen LogP contribution in [0.2, 0.25) is 0 Å². The van der Waals surface area contributed by atoms with Crippen LogP contribution in [-0.2, 0) is 0 Å². The molecule has 1 heterocycles. The molecule has 2 aliphatic rings. The van der Waals surface area contributed by atoms with Crippen LogP contribution >= 0.6 is 0 Å². The van der Waals surface area contributed by atoms with Crippen LogP contribution in [0.1, 0.15) is 82.7 Å². The van der Waals surface area contributed by atoms with E-state index in [9.17, 15) is 9.59 Å². The van der Waals surface area contributed by atoms with Crippen LogP contribution in [0.15, 0.2) is 60.2 Å². The molecule has 1 aliphatic heterocycles. The lowest BCUT2D eigenvalue weighted by atomic mass is 9.89. The normalized spacial score (nSPS) is 18.7. The molecule has 0 bridgehead atoms. The molecule has 2 aromatic carbocycles. The van der Waals surface area contributed by atoms with Gasteiger partial charge in [0, 0.05) is 36.7 Å². The Hall–Kier alpha value is -2.88. The molecule has 168 valence electrons. The van der Waals surface area contributed by atoms with Crippen molar-refractivity contribution in [1.82, 2.24) is 10.2 Å². The Morgan fingerprint density at radius 3 is 2.66 bits per heavy atom. The molecule has 4 heteroatoms. The van der Waals surface area contributed by atoms with Crippen LogP contribution in [0.4, 0.5) is 0 Å². The number of allylic oxidation sites excluding steroid dienone is 1. The predicted molar refractivity (Wildman–Crippen MR) is 129 cm³/mol. The van der Waals surface area contributed by atoms with Gasteiger partial charge in [0.25, 0.3) is 11.8 Å². The molecule has 2 amide bonds. The number of piperidine rings is 1. The highest BCUT2D eigenvalue weighted by atomic mass is 16.2. The topological polar surface area (TPSA) is 49.4 Å². The van der Waals surface area contributed by atoms with Gasteiger partial charge in [-0.3, -0.25) is 9.59 Å². The Morgan fingerprint density at radius 1 is 1.03 bits per heavy atom. The molecule has 32 heavy (non-hydrogen) atoms. The molecule has 0 radical (unpaired) electrons. The Labute approximate surface area is 191 Å². The second kappa shape index (κ2) is 10.6. The SMILES string of the molecule is Cc1ccc(C(=O)N2CCCC(c3cccc(C(=O)NCCC4=CCCCC4)c3)C2)cc1. The first-order valence-corrected chi connectivity index (χ1v) is 12.0. The van der Waals surface area contributed by atoms with E-state index in [1.54, 1.807) is 0 Å². The molecule has 1 atom stereocenters. The number of likely N-dealkylation sites (tertiary alicyclic amines) is 1. The van der Waals surface area contributed by atoms with E-state index in [0.717, 1.165) is 42.5 Å². The molecular weight excluding hydrogens is 396 g/mol. The highest BCUT2D eigenvalue weighted by Crippen LogP contribution is 2.28. The highest BCUT2D eigenvalue weighted by Gasteiger charge is 2.26. The summed E-state index contributed by atoms with van der Waals surface area (Å²) in [5.41, 5.74) is 5.24. The zero-order chi connectivity index (χ0) is 22.3. The van der Waals surface area contributed by atoms with Crippen molar-refractivity contribution in [2.45, 2.75) is 57.8 Å². The average Bonchev–Trinajstić information content (AvgIpc) is 2.85. The first kappa shape index (κ1) is 22.3. The van der Waals surface area contributed by atoms with Crippen LogP contribution in [0.5, 0.6) is 0 Å². The standard InChI is InChI=1S/C28H34N2O2/c1-21-12-14-23(15-13-21)28(32)30-18-6-11-26(20-30)24-9-5-10-25(19-24)27(31)29-17-16-22-7-3-2-4-8-22/h5,7,9-10,12-15,19,26H,2-4,6,8,11,16-18,20H2,1H3,(H,29,31). The Kier molecular flexibility index (Phi) is 7.41. The molecule has 2 aromatic rings. The van der Waals surface area contributed by atoms with Crippen molar-refractivity contribution in [3.63, 3.8) is 0 Å². The minimum atomic E-state index is -0.00773. The largest absolute Gasteiger partial charge is 0.352 e. The zero-order valence-electron chi connectivity index (χ0n) is 19.1. The molecule has 0 saturated carbocycles. The third-order valence-electron chi connectivity index (χ3n) is 6.74. The highest BCUT2D eigenvalue weighted by molar-refractivity contribution is 5.95. The number of aryl methyl sites for hydroxylation is 1. The summed E-state index contributed by atoms with van der Waals surface area (Å²) in [5.74, 6) is 0.352. The number of hydrogen-bond donors (Lipinski definition) is 1. The number of nitrogens with zero attached hydrogens (tertiary/aromatic N) is 1. The van der Waals surface area contributed by atoms with Gasteiger partial charge >= 0.3 is 0 Å². The van der Waals surface area contributed by atoms with Crippen molar-refractivity contribution in [2.75, 3.05) is 19.6 Å². The fraction of sp³-hybridized carbons (Fsp3) is 0.429. The predicted octanol–water partition coefficient (Wildman–Crippen LogP) is 5.64. The second-order valence-corrected chi connectivity index (χ2v) is 9.20. The molecule has 4 rings (SSSR count). The van der Waals surface area contributed by atoms with Crippen LogP contribution in [0.25, 0.3) is 0 Å². The lowest BCUT2D eigenvalue weighted by Crippen LogP contribution is -2.39. The monoisotopic (exact) mass is 430 g/mol. The Bertz CT molecular complexity index is 977. The van der Waals surface area contributed by atoms with E-state index in [0.29, 0.717) is 18.7 Å². The van der Waals surface area contributed by atoms with Crippen molar-refractivity contribution in [3.05, 3.63) is 82.4 Å². The molecule has 1 fully saturated rings. The van der Waals surface area contributed by atoms with Crippen molar-refractivity contribution < 1.29 is 9.59 Å². The number of amides is 2. The minimum Gasteiger partial charge on any atom is -0.352 e. The van der Waals surface area contributed by atoms with E-state index in [4.69, 9.17) is 0 Å². The Balaban J connectivity index is 1.36. The van der Waals surface area contributed by atoms with Crippen molar-refractivity contribution in [3.8, 4) is 0 Å². The van der Waals surface area contributed by atoms with Crippen molar-refractivity contribution in [2.24, 2.45) is 0 Å². The molecule has 4 nitrogen and oxygen atoms in total. The van der Waals surface area contributed by atoms with Gasteiger partial charge in [-0.05, 0) is 81.7 Å². The van der Waals surface area contributed by atoms with Gasteiger partial charge in [-0.25, -0.2) is 0 Å². The minimum absolute atomic E-state index is 0.00773. The van der Waals surface area contributed by atoms with E-state index < -0.39 is 0 Å². The molecule has 1 aliphatic carbocycles. The summed E-state index contributed by atoms with van der Waals surface area (Å²) < 4.78 is 0. The first-order valence-electron chi connectivity index (χ1n) is 12.0. The van der Waals surface area contributed by atoms with Gasteiger partial charge in [-0.2, -0.15) is 0 Å². The summed E-state index contributed by atoms with van der Waals surface area (Å²) in [6.07, 6.45) is 10.2. The lowest BCUT2D eigenvalue weighted by Gasteiger charge is -2.33. The van der Waals surface area contributed by atoms with Gasteiger partial charge < -0.3 is 10.2 Å². The van der Waals surface area contributed by atoms with E-state index in [-0.39, 0.29) is 17.7 Å².